The molecule has 0 aromatic heterocycles. The number of halogens is 1. The van der Waals surface area contributed by atoms with Gasteiger partial charge in [0.05, 0.1) is 6.04 Å². The van der Waals surface area contributed by atoms with Crippen molar-refractivity contribution in [3.8, 4) is 0 Å². The molecule has 3 nitrogen and oxygen atoms in total. The lowest BCUT2D eigenvalue weighted by Crippen LogP contribution is -2.34. The summed E-state index contributed by atoms with van der Waals surface area (Å²) < 4.78 is 13.1. The summed E-state index contributed by atoms with van der Waals surface area (Å²) in [5.74, 6) is -0.374. The Bertz CT molecular complexity index is 874. The highest BCUT2D eigenvalue weighted by Gasteiger charge is 2.16. The van der Waals surface area contributed by atoms with Gasteiger partial charge in [0, 0.05) is 12.1 Å². The van der Waals surface area contributed by atoms with Crippen LogP contribution >= 0.6 is 0 Å². The van der Waals surface area contributed by atoms with Crippen LogP contribution in [-0.2, 0) is 0 Å². The zero-order chi connectivity index (χ0) is 17.8. The predicted octanol–water partition coefficient (Wildman–Crippen LogP) is 4.01. The molecule has 0 radical (unpaired) electrons. The van der Waals surface area contributed by atoms with E-state index in [-0.39, 0.29) is 17.8 Å². The lowest BCUT2D eigenvalue weighted by Gasteiger charge is -2.25. The number of nitrogens with zero attached hydrogens (tertiary/aromatic N) is 1. The zero-order valence-corrected chi connectivity index (χ0v) is 14.4. The highest BCUT2D eigenvalue weighted by Crippen LogP contribution is 2.19. The van der Waals surface area contributed by atoms with Crippen LogP contribution in [0.4, 0.5) is 4.39 Å². The molecule has 1 atom stereocenters. The summed E-state index contributed by atoms with van der Waals surface area (Å²) in [4.78, 5) is 14.5. The van der Waals surface area contributed by atoms with Crippen molar-refractivity contribution in [2.24, 2.45) is 0 Å². The second-order valence-electron chi connectivity index (χ2n) is 6.30. The molecule has 1 unspecified atom stereocenters. The van der Waals surface area contributed by atoms with Crippen molar-refractivity contribution in [3.63, 3.8) is 0 Å². The van der Waals surface area contributed by atoms with Gasteiger partial charge in [-0.05, 0) is 54.7 Å². The molecule has 0 spiro atoms. The van der Waals surface area contributed by atoms with Crippen LogP contribution in [0.1, 0.15) is 22.0 Å². The Morgan fingerprint density at radius 1 is 1.00 bits per heavy atom. The van der Waals surface area contributed by atoms with Crippen molar-refractivity contribution in [1.29, 1.82) is 0 Å². The summed E-state index contributed by atoms with van der Waals surface area (Å²) in [6.45, 7) is 0.449. The molecule has 0 saturated carbocycles. The standard InChI is InChI=1S/C21H21FN2O/c1-24(2)20(16-9-11-19(22)12-10-16)14-23-21(25)18-8-7-15-5-3-4-6-17(15)13-18/h3-13,20H,14H2,1-2H3,(H,23,25). The number of likely N-dealkylation sites (N-methyl/N-ethyl adjacent to an activating group) is 1. The van der Waals surface area contributed by atoms with E-state index in [4.69, 9.17) is 0 Å². The monoisotopic (exact) mass is 336 g/mol. The Morgan fingerprint density at radius 3 is 2.36 bits per heavy atom. The molecular weight excluding hydrogens is 315 g/mol. The molecule has 128 valence electrons. The largest absolute Gasteiger partial charge is 0.350 e. The topological polar surface area (TPSA) is 32.3 Å². The maximum absolute atomic E-state index is 13.1. The Balaban J connectivity index is 1.73. The molecule has 4 heteroatoms. The van der Waals surface area contributed by atoms with Crippen molar-refractivity contribution in [3.05, 3.63) is 83.7 Å². The average Bonchev–Trinajstić information content (AvgIpc) is 2.62. The minimum absolute atomic E-state index is 0.0231. The number of carbonyl (C=O) groups excluding carboxylic acids is 1. The third kappa shape index (κ3) is 4.03. The summed E-state index contributed by atoms with van der Waals surface area (Å²) in [6, 6.07) is 20.0. The molecular formula is C21H21FN2O. The quantitative estimate of drug-likeness (QED) is 0.763. The van der Waals surface area contributed by atoms with E-state index in [1.165, 1.54) is 12.1 Å². The van der Waals surface area contributed by atoms with Gasteiger partial charge in [-0.15, -0.1) is 0 Å². The molecule has 0 aliphatic heterocycles. The van der Waals surface area contributed by atoms with Gasteiger partial charge < -0.3 is 10.2 Å². The van der Waals surface area contributed by atoms with Crippen molar-refractivity contribution in [1.82, 2.24) is 10.2 Å². The van der Waals surface area contributed by atoms with Gasteiger partial charge >= 0.3 is 0 Å². The minimum Gasteiger partial charge on any atom is -0.350 e. The lowest BCUT2D eigenvalue weighted by molar-refractivity contribution is 0.0942. The van der Waals surface area contributed by atoms with Gasteiger partial charge in [0.2, 0.25) is 0 Å². The number of carbonyl (C=O) groups is 1. The molecule has 0 bridgehead atoms. The molecule has 0 aliphatic carbocycles. The zero-order valence-electron chi connectivity index (χ0n) is 14.4. The molecule has 0 saturated heterocycles. The Hall–Kier alpha value is -2.72. The van der Waals surface area contributed by atoms with E-state index in [1.807, 2.05) is 61.5 Å². The van der Waals surface area contributed by atoms with E-state index < -0.39 is 0 Å². The first kappa shape index (κ1) is 17.1. The van der Waals surface area contributed by atoms with Gasteiger partial charge in [-0.1, -0.05) is 42.5 Å². The second-order valence-corrected chi connectivity index (χ2v) is 6.30. The fourth-order valence-corrected chi connectivity index (χ4v) is 2.91. The number of fused-ring (bicyclic) bond motifs is 1. The van der Waals surface area contributed by atoms with E-state index in [2.05, 4.69) is 5.32 Å². The first-order valence-corrected chi connectivity index (χ1v) is 8.23. The van der Waals surface area contributed by atoms with E-state index in [1.54, 1.807) is 12.1 Å². The average molecular weight is 336 g/mol. The molecule has 0 fully saturated rings. The number of amides is 1. The maximum Gasteiger partial charge on any atom is 0.251 e. The first-order chi connectivity index (χ1) is 12.0. The number of rotatable bonds is 5. The second kappa shape index (κ2) is 7.45. The number of benzene rings is 3. The van der Waals surface area contributed by atoms with Gasteiger partial charge in [0.25, 0.3) is 5.91 Å². The van der Waals surface area contributed by atoms with E-state index in [0.29, 0.717) is 12.1 Å². The SMILES string of the molecule is CN(C)C(CNC(=O)c1ccc2ccccc2c1)c1ccc(F)cc1. The highest BCUT2D eigenvalue weighted by atomic mass is 19.1. The first-order valence-electron chi connectivity index (χ1n) is 8.23. The van der Waals surface area contributed by atoms with Crippen LogP contribution in [-0.4, -0.2) is 31.4 Å². The summed E-state index contributed by atoms with van der Waals surface area (Å²) in [6.07, 6.45) is 0. The molecule has 0 heterocycles. The van der Waals surface area contributed by atoms with E-state index in [9.17, 15) is 9.18 Å². The van der Waals surface area contributed by atoms with Crippen molar-refractivity contribution >= 4 is 16.7 Å². The van der Waals surface area contributed by atoms with Crippen LogP contribution in [0.3, 0.4) is 0 Å². The number of hydrogen-bond acceptors (Lipinski definition) is 2. The molecule has 1 amide bonds. The van der Waals surface area contributed by atoms with Crippen LogP contribution in [0.15, 0.2) is 66.7 Å². The summed E-state index contributed by atoms with van der Waals surface area (Å²) in [7, 11) is 3.88. The van der Waals surface area contributed by atoms with Gasteiger partial charge in [-0.25, -0.2) is 4.39 Å². The van der Waals surface area contributed by atoms with Crippen molar-refractivity contribution in [2.45, 2.75) is 6.04 Å². The smallest absolute Gasteiger partial charge is 0.251 e. The Morgan fingerprint density at radius 2 is 1.68 bits per heavy atom. The summed E-state index contributed by atoms with van der Waals surface area (Å²) in [5, 5.41) is 5.13. The van der Waals surface area contributed by atoms with Gasteiger partial charge in [0.15, 0.2) is 0 Å². The van der Waals surface area contributed by atoms with Gasteiger partial charge in [-0.2, -0.15) is 0 Å². The van der Waals surface area contributed by atoms with Crippen LogP contribution in [0.2, 0.25) is 0 Å². The Kier molecular flexibility index (Phi) is 5.10. The maximum atomic E-state index is 13.1. The third-order valence-corrected chi connectivity index (χ3v) is 4.35. The van der Waals surface area contributed by atoms with Crippen LogP contribution in [0.5, 0.6) is 0 Å². The van der Waals surface area contributed by atoms with E-state index >= 15 is 0 Å². The fourth-order valence-electron chi connectivity index (χ4n) is 2.91. The highest BCUT2D eigenvalue weighted by molar-refractivity contribution is 5.98. The number of nitrogens with one attached hydrogen (secondary N) is 1. The van der Waals surface area contributed by atoms with Crippen LogP contribution < -0.4 is 5.32 Å². The molecule has 3 rings (SSSR count). The minimum atomic E-state index is -0.263. The van der Waals surface area contributed by atoms with Gasteiger partial charge in [-0.3, -0.25) is 4.79 Å². The summed E-state index contributed by atoms with van der Waals surface area (Å²) >= 11 is 0. The third-order valence-electron chi connectivity index (χ3n) is 4.35. The Labute approximate surface area is 147 Å². The van der Waals surface area contributed by atoms with Crippen LogP contribution in [0.25, 0.3) is 10.8 Å². The number of hydrogen-bond donors (Lipinski definition) is 1. The molecule has 25 heavy (non-hydrogen) atoms. The van der Waals surface area contributed by atoms with Gasteiger partial charge in [0.1, 0.15) is 5.82 Å². The molecule has 1 N–H and O–H groups in total. The molecule has 3 aromatic carbocycles. The predicted molar refractivity (Wildman–Crippen MR) is 99.1 cm³/mol. The van der Waals surface area contributed by atoms with Crippen LogP contribution in [0, 0.1) is 5.82 Å². The lowest BCUT2D eigenvalue weighted by atomic mass is 10.0. The van der Waals surface area contributed by atoms with E-state index in [0.717, 1.165) is 16.3 Å². The molecule has 0 aliphatic rings. The molecule has 3 aromatic rings. The van der Waals surface area contributed by atoms with Crippen molar-refractivity contribution < 1.29 is 9.18 Å². The fraction of sp³-hybridized carbons (Fsp3) is 0.190. The normalized spacial score (nSPS) is 12.3. The summed E-state index contributed by atoms with van der Waals surface area (Å²) in [5.41, 5.74) is 1.60. The van der Waals surface area contributed by atoms with Crippen molar-refractivity contribution in [2.75, 3.05) is 20.6 Å².